The lowest BCUT2D eigenvalue weighted by atomic mass is 10.3. The third-order valence-corrected chi connectivity index (χ3v) is 4.97. The van der Waals surface area contributed by atoms with Gasteiger partial charge in [-0.25, -0.2) is 13.1 Å². The van der Waals surface area contributed by atoms with E-state index in [0.29, 0.717) is 24.0 Å². The van der Waals surface area contributed by atoms with Crippen LogP contribution < -0.4 is 24.8 Å². The van der Waals surface area contributed by atoms with Crippen LogP contribution in [0.1, 0.15) is 0 Å². The molecule has 0 spiro atoms. The number of hydrogen-bond acceptors (Lipinski definition) is 6. The zero-order valence-corrected chi connectivity index (χ0v) is 16.2. The van der Waals surface area contributed by atoms with Crippen LogP contribution in [0.15, 0.2) is 52.6 Å². The highest BCUT2D eigenvalue weighted by Gasteiger charge is 2.13. The van der Waals surface area contributed by atoms with Crippen molar-refractivity contribution in [1.29, 1.82) is 0 Å². The van der Waals surface area contributed by atoms with Crippen molar-refractivity contribution in [2.24, 2.45) is 4.99 Å². The number of ether oxygens (including phenoxy) is 2. The van der Waals surface area contributed by atoms with Crippen molar-refractivity contribution in [1.82, 2.24) is 15.0 Å². The van der Waals surface area contributed by atoms with E-state index in [9.17, 15) is 8.42 Å². The van der Waals surface area contributed by atoms with Gasteiger partial charge in [-0.2, -0.15) is 0 Å². The number of guanidine groups is 1. The maximum Gasteiger partial charge on any atom is 0.242 e. The van der Waals surface area contributed by atoms with Gasteiger partial charge in [0.1, 0.15) is 4.90 Å². The van der Waals surface area contributed by atoms with Gasteiger partial charge in [0.25, 0.3) is 0 Å². The van der Waals surface area contributed by atoms with Crippen molar-refractivity contribution in [2.45, 2.75) is 4.90 Å². The van der Waals surface area contributed by atoms with Crippen LogP contribution in [-0.2, 0) is 10.0 Å². The van der Waals surface area contributed by atoms with E-state index < -0.39 is 10.0 Å². The fourth-order valence-corrected chi connectivity index (χ4v) is 3.18. The molecular formula is C17H23N5O4S. The summed E-state index contributed by atoms with van der Waals surface area (Å²) in [5.41, 5.74) is 0.747. The smallest absolute Gasteiger partial charge is 0.242 e. The lowest BCUT2D eigenvalue weighted by molar-refractivity contribution is 0.355. The molecule has 2 aromatic rings. The zero-order valence-electron chi connectivity index (χ0n) is 15.4. The van der Waals surface area contributed by atoms with Crippen LogP contribution in [0.3, 0.4) is 0 Å². The second kappa shape index (κ2) is 9.74. The summed E-state index contributed by atoms with van der Waals surface area (Å²) in [6.07, 6.45) is 2.82. The summed E-state index contributed by atoms with van der Waals surface area (Å²) in [4.78, 5) is 8.04. The minimum Gasteiger partial charge on any atom is -0.493 e. The molecule has 3 N–H and O–H groups in total. The third kappa shape index (κ3) is 5.83. The van der Waals surface area contributed by atoms with Gasteiger partial charge in [0.15, 0.2) is 17.5 Å². The van der Waals surface area contributed by atoms with Crippen LogP contribution >= 0.6 is 0 Å². The standard InChI is InChI=1S/C17H23N5O4S/c1-18-17(22-13-6-7-15(25-2)16(11-13)26-3)20-9-10-21-27(23,24)14-5-4-8-19-12-14/h4-8,11-12,21H,9-10H2,1-3H3,(H2,18,20,22). The normalized spacial score (nSPS) is 11.7. The maximum absolute atomic E-state index is 12.1. The average molecular weight is 393 g/mol. The van der Waals surface area contributed by atoms with Gasteiger partial charge in [-0.15, -0.1) is 0 Å². The first kappa shape index (κ1) is 20.5. The molecule has 9 nitrogen and oxygen atoms in total. The lowest BCUT2D eigenvalue weighted by Crippen LogP contribution is -2.37. The van der Waals surface area contributed by atoms with Gasteiger partial charge in [-0.05, 0) is 24.3 Å². The highest BCUT2D eigenvalue weighted by atomic mass is 32.2. The SMILES string of the molecule is CN=C(NCCNS(=O)(=O)c1cccnc1)Nc1ccc(OC)c(OC)c1. The summed E-state index contributed by atoms with van der Waals surface area (Å²) in [5.74, 6) is 1.70. The number of nitrogens with zero attached hydrogens (tertiary/aromatic N) is 2. The van der Waals surface area contributed by atoms with Gasteiger partial charge in [-0.3, -0.25) is 9.98 Å². The Morgan fingerprint density at radius 3 is 2.56 bits per heavy atom. The van der Waals surface area contributed by atoms with E-state index >= 15 is 0 Å². The van der Waals surface area contributed by atoms with Gasteiger partial charge in [0.2, 0.25) is 10.0 Å². The molecule has 146 valence electrons. The van der Waals surface area contributed by atoms with Gasteiger partial charge >= 0.3 is 0 Å². The molecular weight excluding hydrogens is 370 g/mol. The fraction of sp³-hybridized carbons (Fsp3) is 0.294. The molecule has 2 rings (SSSR count). The first-order valence-electron chi connectivity index (χ1n) is 8.09. The predicted molar refractivity (Wildman–Crippen MR) is 104 cm³/mol. The Balaban J connectivity index is 1.88. The number of rotatable bonds is 8. The van der Waals surface area contributed by atoms with Crippen LogP contribution in [0.4, 0.5) is 5.69 Å². The molecule has 27 heavy (non-hydrogen) atoms. The molecule has 1 heterocycles. The van der Waals surface area contributed by atoms with E-state index in [1.54, 1.807) is 39.5 Å². The Labute approximate surface area is 158 Å². The number of hydrogen-bond donors (Lipinski definition) is 3. The van der Waals surface area contributed by atoms with Crippen LogP contribution in [0.2, 0.25) is 0 Å². The molecule has 10 heteroatoms. The Kier molecular flexibility index (Phi) is 7.38. The fourth-order valence-electron chi connectivity index (χ4n) is 2.19. The Hall–Kier alpha value is -2.85. The highest BCUT2D eigenvalue weighted by Crippen LogP contribution is 2.29. The van der Waals surface area contributed by atoms with E-state index in [2.05, 4.69) is 25.3 Å². The molecule has 0 fully saturated rings. The number of aromatic nitrogens is 1. The molecule has 1 aromatic heterocycles. The highest BCUT2D eigenvalue weighted by molar-refractivity contribution is 7.89. The number of pyridine rings is 1. The number of methoxy groups -OCH3 is 2. The van der Waals surface area contributed by atoms with Crippen molar-refractivity contribution in [3.8, 4) is 11.5 Å². The summed E-state index contributed by atoms with van der Waals surface area (Å²) in [6, 6.07) is 8.43. The first-order chi connectivity index (χ1) is 13.0. The number of anilines is 1. The number of nitrogens with one attached hydrogen (secondary N) is 3. The van der Waals surface area contributed by atoms with E-state index in [0.717, 1.165) is 5.69 Å². The van der Waals surface area contributed by atoms with Gasteiger partial charge in [0.05, 0.1) is 14.2 Å². The second-order valence-electron chi connectivity index (χ2n) is 5.28. The monoisotopic (exact) mass is 393 g/mol. The lowest BCUT2D eigenvalue weighted by Gasteiger charge is -2.14. The van der Waals surface area contributed by atoms with E-state index in [1.807, 2.05) is 6.07 Å². The largest absolute Gasteiger partial charge is 0.493 e. The molecule has 0 unspecified atom stereocenters. The maximum atomic E-state index is 12.1. The summed E-state index contributed by atoms with van der Waals surface area (Å²) in [5, 5.41) is 6.13. The van der Waals surface area contributed by atoms with Crippen LogP contribution in [0, 0.1) is 0 Å². The molecule has 0 radical (unpaired) electrons. The van der Waals surface area contributed by atoms with E-state index in [4.69, 9.17) is 9.47 Å². The third-order valence-electron chi connectivity index (χ3n) is 3.52. The van der Waals surface area contributed by atoms with Crippen LogP contribution in [0.25, 0.3) is 0 Å². The molecule has 0 aliphatic rings. The van der Waals surface area contributed by atoms with Crippen LogP contribution in [0.5, 0.6) is 11.5 Å². The molecule has 0 amide bonds. The number of sulfonamides is 1. The van der Waals surface area contributed by atoms with E-state index in [1.165, 1.54) is 18.5 Å². The zero-order chi connectivity index (χ0) is 19.7. The first-order valence-corrected chi connectivity index (χ1v) is 9.58. The molecule has 0 saturated carbocycles. The number of benzene rings is 1. The Morgan fingerprint density at radius 1 is 1.15 bits per heavy atom. The predicted octanol–water partition coefficient (Wildman–Crippen LogP) is 1.06. The quantitative estimate of drug-likeness (QED) is 0.349. The Bertz CT molecular complexity index is 872. The topological polar surface area (TPSA) is 114 Å². The summed E-state index contributed by atoms with van der Waals surface area (Å²) < 4.78 is 37.2. The minimum atomic E-state index is -3.58. The van der Waals surface area contributed by atoms with Crippen molar-refractivity contribution < 1.29 is 17.9 Å². The molecule has 0 saturated heterocycles. The van der Waals surface area contributed by atoms with Crippen molar-refractivity contribution in [3.05, 3.63) is 42.7 Å². The molecule has 0 bridgehead atoms. The molecule has 0 atom stereocenters. The van der Waals surface area contributed by atoms with Crippen molar-refractivity contribution in [2.75, 3.05) is 39.7 Å². The molecule has 0 aliphatic heterocycles. The van der Waals surface area contributed by atoms with Gasteiger partial charge in [0, 0.05) is 44.3 Å². The second-order valence-corrected chi connectivity index (χ2v) is 7.05. The van der Waals surface area contributed by atoms with Crippen molar-refractivity contribution >= 4 is 21.7 Å². The van der Waals surface area contributed by atoms with Gasteiger partial charge in [-0.1, -0.05) is 0 Å². The Morgan fingerprint density at radius 2 is 1.93 bits per heavy atom. The van der Waals surface area contributed by atoms with Crippen molar-refractivity contribution in [3.63, 3.8) is 0 Å². The molecule has 0 aliphatic carbocycles. The summed E-state index contributed by atoms with van der Waals surface area (Å²) in [7, 11) is 1.16. The molecule has 1 aromatic carbocycles. The van der Waals surface area contributed by atoms with E-state index in [-0.39, 0.29) is 11.4 Å². The van der Waals surface area contributed by atoms with Gasteiger partial charge < -0.3 is 20.1 Å². The minimum absolute atomic E-state index is 0.123. The van der Waals surface area contributed by atoms with Crippen LogP contribution in [-0.4, -0.2) is 53.7 Å². The summed E-state index contributed by atoms with van der Waals surface area (Å²) in [6.45, 7) is 0.524. The average Bonchev–Trinajstić information content (AvgIpc) is 2.70. The number of aliphatic imine (C=N–C) groups is 1. The summed E-state index contributed by atoms with van der Waals surface area (Å²) >= 11 is 0.